The van der Waals surface area contributed by atoms with Crippen molar-refractivity contribution in [3.8, 4) is 0 Å². The number of aliphatic hydroxyl groups excluding tert-OH is 1. The molecule has 1 rings (SSSR count). The van der Waals surface area contributed by atoms with Gasteiger partial charge in [-0.2, -0.15) is 0 Å². The van der Waals surface area contributed by atoms with Gasteiger partial charge in [-0.05, 0) is 6.92 Å². The summed E-state index contributed by atoms with van der Waals surface area (Å²) in [6.45, 7) is 1.17. The highest BCUT2D eigenvalue weighted by molar-refractivity contribution is 5.26. The van der Waals surface area contributed by atoms with Crippen LogP contribution in [0, 0.1) is 29.1 Å². The lowest BCUT2D eigenvalue weighted by Gasteiger charge is -2.17. The Morgan fingerprint density at radius 3 is 1.50 bits per heavy atom. The van der Waals surface area contributed by atoms with Gasteiger partial charge in [0.25, 0.3) is 0 Å². The molecule has 90 valence electrons. The van der Waals surface area contributed by atoms with E-state index in [9.17, 15) is 27.1 Å². The maximum absolute atomic E-state index is 13.1. The van der Waals surface area contributed by atoms with Gasteiger partial charge in [-0.15, -0.1) is 0 Å². The van der Waals surface area contributed by atoms with Gasteiger partial charge < -0.3 is 10.8 Å². The first kappa shape index (κ1) is 12.9. The first-order valence-electron chi connectivity index (χ1n) is 4.24. The van der Waals surface area contributed by atoms with Crippen molar-refractivity contribution in [3.63, 3.8) is 0 Å². The Morgan fingerprint density at radius 1 is 0.875 bits per heavy atom. The summed E-state index contributed by atoms with van der Waals surface area (Å²) in [5.74, 6) is -10.6. The van der Waals surface area contributed by atoms with Gasteiger partial charge in [0.2, 0.25) is 5.82 Å². The lowest BCUT2D eigenvalue weighted by atomic mass is 10.0. The van der Waals surface area contributed by atoms with Crippen molar-refractivity contribution in [3.05, 3.63) is 34.6 Å². The molecule has 0 aromatic heterocycles. The molecule has 0 amide bonds. The van der Waals surface area contributed by atoms with Crippen molar-refractivity contribution in [1.29, 1.82) is 0 Å². The lowest BCUT2D eigenvalue weighted by molar-refractivity contribution is 0.140. The number of aliphatic hydroxyl groups is 1. The third kappa shape index (κ3) is 1.88. The number of halogens is 5. The molecule has 0 bridgehead atoms. The van der Waals surface area contributed by atoms with E-state index in [4.69, 9.17) is 5.73 Å². The van der Waals surface area contributed by atoms with Crippen molar-refractivity contribution in [1.82, 2.24) is 0 Å². The van der Waals surface area contributed by atoms with E-state index in [1.165, 1.54) is 6.92 Å². The fourth-order valence-electron chi connectivity index (χ4n) is 1.14. The Morgan fingerprint density at radius 2 is 1.19 bits per heavy atom. The maximum Gasteiger partial charge on any atom is 0.200 e. The van der Waals surface area contributed by atoms with Crippen LogP contribution in [0.4, 0.5) is 22.0 Å². The van der Waals surface area contributed by atoms with E-state index in [1.54, 1.807) is 0 Å². The molecule has 2 nitrogen and oxygen atoms in total. The van der Waals surface area contributed by atoms with Gasteiger partial charge in [-0.1, -0.05) is 0 Å². The second-order valence-corrected chi connectivity index (χ2v) is 3.29. The SMILES string of the molecule is C[C@H](N)[C@H](O)c1c(F)c(F)c(F)c(F)c1F. The van der Waals surface area contributed by atoms with Gasteiger partial charge in [0.15, 0.2) is 23.3 Å². The van der Waals surface area contributed by atoms with E-state index < -0.39 is 46.8 Å². The number of hydrogen-bond acceptors (Lipinski definition) is 2. The van der Waals surface area contributed by atoms with Crippen LogP contribution in [0.2, 0.25) is 0 Å². The average Bonchev–Trinajstić information content (AvgIpc) is 2.23. The smallest absolute Gasteiger partial charge is 0.200 e. The van der Waals surface area contributed by atoms with E-state index in [-0.39, 0.29) is 0 Å². The summed E-state index contributed by atoms with van der Waals surface area (Å²) < 4.78 is 64.2. The highest BCUT2D eigenvalue weighted by Gasteiger charge is 2.30. The van der Waals surface area contributed by atoms with Crippen molar-refractivity contribution in [2.24, 2.45) is 5.73 Å². The minimum atomic E-state index is -2.27. The molecule has 3 N–H and O–H groups in total. The molecule has 1 aromatic rings. The Hall–Kier alpha value is -1.21. The molecular weight excluding hydrogens is 233 g/mol. The largest absolute Gasteiger partial charge is 0.387 e. The third-order valence-electron chi connectivity index (χ3n) is 2.04. The van der Waals surface area contributed by atoms with Gasteiger partial charge in [0.05, 0.1) is 11.7 Å². The van der Waals surface area contributed by atoms with Gasteiger partial charge in [-0.3, -0.25) is 0 Å². The van der Waals surface area contributed by atoms with Gasteiger partial charge >= 0.3 is 0 Å². The number of hydrogen-bond donors (Lipinski definition) is 2. The maximum atomic E-state index is 13.1. The Labute approximate surface area is 87.5 Å². The second kappa shape index (κ2) is 4.34. The molecule has 1 aromatic carbocycles. The molecule has 0 saturated carbocycles. The first-order valence-corrected chi connectivity index (χ1v) is 4.24. The molecule has 0 aliphatic heterocycles. The summed E-state index contributed by atoms with van der Waals surface area (Å²) in [5.41, 5.74) is 3.81. The van der Waals surface area contributed by atoms with Crippen LogP contribution in [0.5, 0.6) is 0 Å². The molecule has 0 aliphatic rings. The van der Waals surface area contributed by atoms with Gasteiger partial charge in [0, 0.05) is 6.04 Å². The predicted octanol–water partition coefficient (Wildman–Crippen LogP) is 1.76. The second-order valence-electron chi connectivity index (χ2n) is 3.29. The minimum Gasteiger partial charge on any atom is -0.387 e. The summed E-state index contributed by atoms with van der Waals surface area (Å²) in [6.07, 6.45) is -1.97. The van der Waals surface area contributed by atoms with Crippen LogP contribution in [-0.2, 0) is 0 Å². The molecule has 0 aliphatic carbocycles. The Kier molecular flexibility index (Phi) is 3.49. The summed E-state index contributed by atoms with van der Waals surface area (Å²) in [4.78, 5) is 0. The molecule has 0 spiro atoms. The summed E-state index contributed by atoms with van der Waals surface area (Å²) in [7, 11) is 0. The fraction of sp³-hybridized carbons (Fsp3) is 0.333. The normalized spacial score (nSPS) is 15.0. The predicted molar refractivity (Wildman–Crippen MR) is 44.8 cm³/mol. The third-order valence-corrected chi connectivity index (χ3v) is 2.04. The zero-order valence-corrected chi connectivity index (χ0v) is 8.07. The Balaban J connectivity index is 3.51. The number of rotatable bonds is 2. The van der Waals surface area contributed by atoms with Gasteiger partial charge in [0.1, 0.15) is 0 Å². The van der Waals surface area contributed by atoms with Crippen molar-refractivity contribution in [2.75, 3.05) is 0 Å². The van der Waals surface area contributed by atoms with E-state index in [0.29, 0.717) is 0 Å². The molecule has 0 heterocycles. The molecule has 0 fully saturated rings. The quantitative estimate of drug-likeness (QED) is 0.471. The number of benzene rings is 1. The summed E-state index contributed by atoms with van der Waals surface area (Å²) >= 11 is 0. The van der Waals surface area contributed by atoms with E-state index in [0.717, 1.165) is 0 Å². The van der Waals surface area contributed by atoms with Crippen LogP contribution in [0.25, 0.3) is 0 Å². The topological polar surface area (TPSA) is 46.2 Å². The van der Waals surface area contributed by atoms with Crippen LogP contribution in [0.3, 0.4) is 0 Å². The van der Waals surface area contributed by atoms with E-state index in [2.05, 4.69) is 0 Å². The minimum absolute atomic E-state index is 1.17. The molecule has 0 radical (unpaired) electrons. The molecular formula is C9H8F5NO. The molecule has 0 saturated heterocycles. The van der Waals surface area contributed by atoms with Crippen LogP contribution >= 0.6 is 0 Å². The lowest BCUT2D eigenvalue weighted by Crippen LogP contribution is -2.27. The van der Waals surface area contributed by atoms with E-state index in [1.807, 2.05) is 0 Å². The van der Waals surface area contributed by atoms with Crippen molar-refractivity contribution >= 4 is 0 Å². The van der Waals surface area contributed by atoms with Crippen LogP contribution in [-0.4, -0.2) is 11.1 Å². The fourth-order valence-corrected chi connectivity index (χ4v) is 1.14. The van der Waals surface area contributed by atoms with Gasteiger partial charge in [-0.25, -0.2) is 22.0 Å². The van der Waals surface area contributed by atoms with Crippen LogP contribution < -0.4 is 5.73 Å². The monoisotopic (exact) mass is 241 g/mol. The van der Waals surface area contributed by atoms with Crippen molar-refractivity contribution < 1.29 is 27.1 Å². The summed E-state index contributed by atoms with van der Waals surface area (Å²) in [5, 5.41) is 9.24. The number of nitrogens with two attached hydrogens (primary N) is 1. The van der Waals surface area contributed by atoms with Crippen LogP contribution in [0.15, 0.2) is 0 Å². The standard InChI is InChI=1S/C9H8F5NO/c1-2(15)9(16)3-4(10)6(12)8(14)7(13)5(3)11/h2,9,16H,15H2,1H3/t2-,9-/m0/s1. The zero-order valence-electron chi connectivity index (χ0n) is 8.07. The summed E-state index contributed by atoms with van der Waals surface area (Å²) in [6, 6.07) is -1.17. The van der Waals surface area contributed by atoms with E-state index >= 15 is 0 Å². The average molecular weight is 241 g/mol. The molecule has 7 heteroatoms. The highest BCUT2D eigenvalue weighted by atomic mass is 19.2. The van der Waals surface area contributed by atoms with Crippen molar-refractivity contribution in [2.45, 2.75) is 19.1 Å². The Bertz CT molecular complexity index is 392. The molecule has 0 unspecified atom stereocenters. The molecule has 16 heavy (non-hydrogen) atoms. The molecule has 2 atom stereocenters. The zero-order chi connectivity index (χ0) is 12.6. The first-order chi connectivity index (χ1) is 7.29. The highest BCUT2D eigenvalue weighted by Crippen LogP contribution is 2.28. The van der Waals surface area contributed by atoms with Crippen LogP contribution in [0.1, 0.15) is 18.6 Å².